The van der Waals surface area contributed by atoms with Gasteiger partial charge in [-0.3, -0.25) is 4.79 Å². The molecule has 0 radical (unpaired) electrons. The molecule has 136 valence electrons. The molecule has 0 spiro atoms. The summed E-state index contributed by atoms with van der Waals surface area (Å²) in [7, 11) is 0. The summed E-state index contributed by atoms with van der Waals surface area (Å²) in [6, 6.07) is 12.0. The van der Waals surface area contributed by atoms with Crippen molar-refractivity contribution in [1.29, 1.82) is 0 Å². The van der Waals surface area contributed by atoms with Gasteiger partial charge < -0.3 is 20.6 Å². The highest BCUT2D eigenvalue weighted by Gasteiger charge is 2.21. The van der Waals surface area contributed by atoms with Gasteiger partial charge in [0.15, 0.2) is 0 Å². The molecule has 3 aromatic rings. The minimum absolute atomic E-state index is 0.228. The van der Waals surface area contributed by atoms with Crippen LogP contribution in [0.15, 0.2) is 47.1 Å². The SMILES string of the molecule is C[C@H](O)[C@H](CCOc1ccc2ccc(Br)cc2c1)c1ncc(C(N)=O)[nH]1. The van der Waals surface area contributed by atoms with Crippen LogP contribution in [0.3, 0.4) is 0 Å². The van der Waals surface area contributed by atoms with Gasteiger partial charge in [0, 0.05) is 10.4 Å². The molecule has 1 amide bonds. The minimum atomic E-state index is -0.641. The number of carbonyl (C=O) groups is 1. The highest BCUT2D eigenvalue weighted by molar-refractivity contribution is 9.10. The predicted octanol–water partition coefficient (Wildman–Crippen LogP) is 3.36. The summed E-state index contributed by atoms with van der Waals surface area (Å²) in [4.78, 5) is 18.2. The van der Waals surface area contributed by atoms with Crippen LogP contribution in [0.4, 0.5) is 0 Å². The number of benzene rings is 2. The zero-order chi connectivity index (χ0) is 18.7. The Morgan fingerprint density at radius 2 is 2.08 bits per heavy atom. The topological polar surface area (TPSA) is 101 Å². The summed E-state index contributed by atoms with van der Waals surface area (Å²) >= 11 is 3.47. The van der Waals surface area contributed by atoms with Crippen molar-refractivity contribution in [2.24, 2.45) is 5.73 Å². The molecule has 0 aliphatic rings. The predicted molar refractivity (Wildman–Crippen MR) is 103 cm³/mol. The standard InChI is InChI=1S/C19H20BrN3O3/c1-11(24)16(19-22-10-17(23-19)18(21)25)6-7-26-15-5-3-12-2-4-14(20)8-13(12)9-15/h2-5,8-11,16,24H,6-7H2,1H3,(H2,21,25)(H,22,23)/t11-,16-/m0/s1. The van der Waals surface area contributed by atoms with E-state index in [1.165, 1.54) is 6.20 Å². The number of aliphatic hydroxyl groups excluding tert-OH is 1. The quantitative estimate of drug-likeness (QED) is 0.548. The van der Waals surface area contributed by atoms with Crippen LogP contribution in [0.25, 0.3) is 10.8 Å². The molecule has 0 bridgehead atoms. The second kappa shape index (κ2) is 7.88. The molecule has 6 nitrogen and oxygen atoms in total. The van der Waals surface area contributed by atoms with Crippen molar-refractivity contribution in [2.75, 3.05) is 6.61 Å². The van der Waals surface area contributed by atoms with E-state index in [2.05, 4.69) is 25.9 Å². The number of imidazole rings is 1. The number of ether oxygens (including phenoxy) is 1. The molecular formula is C19H20BrN3O3. The molecule has 1 aromatic heterocycles. The van der Waals surface area contributed by atoms with Gasteiger partial charge in [0.2, 0.25) is 0 Å². The van der Waals surface area contributed by atoms with Crippen LogP contribution >= 0.6 is 15.9 Å². The zero-order valence-corrected chi connectivity index (χ0v) is 15.9. The van der Waals surface area contributed by atoms with Gasteiger partial charge in [-0.15, -0.1) is 0 Å². The second-order valence-corrected chi connectivity index (χ2v) is 7.10. The molecule has 0 saturated carbocycles. The van der Waals surface area contributed by atoms with E-state index in [0.29, 0.717) is 18.9 Å². The van der Waals surface area contributed by atoms with Crippen molar-refractivity contribution in [3.05, 3.63) is 58.6 Å². The Bertz CT molecular complexity index is 923. The van der Waals surface area contributed by atoms with E-state index >= 15 is 0 Å². The number of nitrogens with zero attached hydrogens (tertiary/aromatic N) is 1. The zero-order valence-electron chi connectivity index (χ0n) is 14.3. The Labute approximate surface area is 159 Å². The fraction of sp³-hybridized carbons (Fsp3) is 0.263. The van der Waals surface area contributed by atoms with Gasteiger partial charge in [0.25, 0.3) is 5.91 Å². The van der Waals surface area contributed by atoms with E-state index in [1.807, 2.05) is 36.4 Å². The van der Waals surface area contributed by atoms with Gasteiger partial charge in [0.1, 0.15) is 17.3 Å². The number of nitrogens with one attached hydrogen (secondary N) is 1. The van der Waals surface area contributed by atoms with Crippen LogP contribution in [-0.2, 0) is 0 Å². The normalized spacial score (nSPS) is 13.5. The van der Waals surface area contributed by atoms with Gasteiger partial charge in [0.05, 0.1) is 18.9 Å². The van der Waals surface area contributed by atoms with Crippen molar-refractivity contribution in [3.8, 4) is 5.75 Å². The number of H-pyrrole nitrogens is 1. The number of primary amides is 1. The third-order valence-corrected chi connectivity index (χ3v) is 4.76. The summed E-state index contributed by atoms with van der Waals surface area (Å²) in [6.07, 6.45) is 1.28. The van der Waals surface area contributed by atoms with Gasteiger partial charge >= 0.3 is 0 Å². The van der Waals surface area contributed by atoms with Gasteiger partial charge in [-0.1, -0.05) is 28.1 Å². The fourth-order valence-corrected chi connectivity index (χ4v) is 3.22. The number of hydrogen-bond donors (Lipinski definition) is 3. The maximum Gasteiger partial charge on any atom is 0.266 e. The number of amides is 1. The van der Waals surface area contributed by atoms with Gasteiger partial charge in [-0.05, 0) is 48.4 Å². The first-order valence-electron chi connectivity index (χ1n) is 8.29. The van der Waals surface area contributed by atoms with Crippen LogP contribution in [0.2, 0.25) is 0 Å². The Morgan fingerprint density at radius 1 is 1.31 bits per heavy atom. The summed E-state index contributed by atoms with van der Waals surface area (Å²) in [5, 5.41) is 12.3. The average molecular weight is 418 g/mol. The van der Waals surface area contributed by atoms with Crippen molar-refractivity contribution < 1.29 is 14.6 Å². The lowest BCUT2D eigenvalue weighted by Gasteiger charge is -2.18. The third kappa shape index (κ3) is 4.23. The maximum atomic E-state index is 11.2. The van der Waals surface area contributed by atoms with E-state index in [1.54, 1.807) is 6.92 Å². The van der Waals surface area contributed by atoms with Crippen LogP contribution < -0.4 is 10.5 Å². The Balaban J connectivity index is 1.67. The van der Waals surface area contributed by atoms with Crippen molar-refractivity contribution in [2.45, 2.75) is 25.4 Å². The average Bonchev–Trinajstić information content (AvgIpc) is 3.08. The van der Waals surface area contributed by atoms with Crippen LogP contribution in [0.1, 0.15) is 35.6 Å². The molecule has 4 N–H and O–H groups in total. The van der Waals surface area contributed by atoms with Crippen molar-refractivity contribution in [3.63, 3.8) is 0 Å². The van der Waals surface area contributed by atoms with Crippen molar-refractivity contribution in [1.82, 2.24) is 9.97 Å². The molecule has 3 rings (SSSR count). The highest BCUT2D eigenvalue weighted by atomic mass is 79.9. The number of nitrogens with two attached hydrogens (primary N) is 1. The lowest BCUT2D eigenvalue weighted by molar-refractivity contribution is 0.0995. The molecular weight excluding hydrogens is 398 g/mol. The number of aromatic amines is 1. The van der Waals surface area contributed by atoms with Crippen LogP contribution in [-0.4, -0.2) is 33.7 Å². The smallest absolute Gasteiger partial charge is 0.266 e. The first-order valence-corrected chi connectivity index (χ1v) is 9.08. The molecule has 7 heteroatoms. The third-order valence-electron chi connectivity index (χ3n) is 4.27. The van der Waals surface area contributed by atoms with Crippen LogP contribution in [0.5, 0.6) is 5.75 Å². The first kappa shape index (κ1) is 18.4. The molecule has 0 aliphatic heterocycles. The Morgan fingerprint density at radius 3 is 2.77 bits per heavy atom. The number of hydrogen-bond acceptors (Lipinski definition) is 4. The van der Waals surface area contributed by atoms with E-state index < -0.39 is 12.0 Å². The molecule has 2 atom stereocenters. The van der Waals surface area contributed by atoms with E-state index in [-0.39, 0.29) is 11.6 Å². The van der Waals surface area contributed by atoms with Gasteiger partial charge in [-0.2, -0.15) is 0 Å². The highest BCUT2D eigenvalue weighted by Crippen LogP contribution is 2.26. The number of carbonyl (C=O) groups excluding carboxylic acids is 1. The molecule has 2 aromatic carbocycles. The fourth-order valence-electron chi connectivity index (χ4n) is 2.85. The van der Waals surface area contributed by atoms with E-state index in [9.17, 15) is 9.90 Å². The second-order valence-electron chi connectivity index (χ2n) is 6.18. The number of rotatable bonds is 7. The van der Waals surface area contributed by atoms with E-state index in [4.69, 9.17) is 10.5 Å². The maximum absolute atomic E-state index is 11.2. The minimum Gasteiger partial charge on any atom is -0.494 e. The molecule has 0 aliphatic carbocycles. The van der Waals surface area contributed by atoms with Gasteiger partial charge in [-0.25, -0.2) is 4.98 Å². The van der Waals surface area contributed by atoms with Crippen LogP contribution in [0, 0.1) is 0 Å². The Hall–Kier alpha value is -2.38. The molecule has 0 fully saturated rings. The molecule has 1 heterocycles. The summed E-state index contributed by atoms with van der Waals surface area (Å²) in [5.74, 6) is 0.432. The monoisotopic (exact) mass is 417 g/mol. The lowest BCUT2D eigenvalue weighted by atomic mass is 9.99. The molecule has 26 heavy (non-hydrogen) atoms. The Kier molecular flexibility index (Phi) is 5.58. The largest absolute Gasteiger partial charge is 0.494 e. The summed E-state index contributed by atoms with van der Waals surface area (Å²) in [5.41, 5.74) is 5.46. The number of halogens is 1. The number of aliphatic hydroxyl groups is 1. The molecule has 0 unspecified atom stereocenters. The van der Waals surface area contributed by atoms with E-state index in [0.717, 1.165) is 21.0 Å². The summed E-state index contributed by atoms with van der Waals surface area (Å²) in [6.45, 7) is 2.09. The first-order chi connectivity index (χ1) is 12.4. The molecule has 0 saturated heterocycles. The lowest BCUT2D eigenvalue weighted by Crippen LogP contribution is -2.19. The number of aromatic nitrogens is 2. The summed E-state index contributed by atoms with van der Waals surface area (Å²) < 4.78 is 6.86. The van der Waals surface area contributed by atoms with Crippen molar-refractivity contribution >= 4 is 32.6 Å². The number of fused-ring (bicyclic) bond motifs is 1.